The van der Waals surface area contributed by atoms with Crippen LogP contribution in [0.25, 0.3) is 11.3 Å². The molecule has 0 radical (unpaired) electrons. The van der Waals surface area contributed by atoms with Crippen molar-refractivity contribution in [2.24, 2.45) is 16.9 Å². The molecule has 0 saturated carbocycles. The highest BCUT2D eigenvalue weighted by Crippen LogP contribution is 2.44. The van der Waals surface area contributed by atoms with Gasteiger partial charge in [0, 0.05) is 12.1 Å². The van der Waals surface area contributed by atoms with Gasteiger partial charge in [0.2, 0.25) is 0 Å². The maximum Gasteiger partial charge on any atom is 0.315 e. The standard InChI is InChI=1S/C18H21Cl2N5O2/c1-18(2,3)15-14-11(16(21)26)13(9-5-4-6-10(19)12(9)20)23-25(14)8-7-24(15)17(22)27/h4-6,15H,7-8H2,1-3H3,(H2,21,26)(H2,22,27). The Hall–Kier alpha value is -2.25. The third kappa shape index (κ3) is 3.26. The van der Waals surface area contributed by atoms with Crippen molar-refractivity contribution in [2.45, 2.75) is 33.4 Å². The van der Waals surface area contributed by atoms with Crippen LogP contribution in [0.1, 0.15) is 42.9 Å². The highest BCUT2D eigenvalue weighted by Gasteiger charge is 2.43. The lowest BCUT2D eigenvalue weighted by atomic mass is 9.81. The Morgan fingerprint density at radius 3 is 2.41 bits per heavy atom. The maximum atomic E-state index is 12.4. The Morgan fingerprint density at radius 2 is 1.85 bits per heavy atom. The van der Waals surface area contributed by atoms with E-state index in [0.717, 1.165) is 0 Å². The summed E-state index contributed by atoms with van der Waals surface area (Å²) in [5.41, 5.74) is 12.6. The van der Waals surface area contributed by atoms with Gasteiger partial charge in [-0.3, -0.25) is 9.48 Å². The van der Waals surface area contributed by atoms with Crippen LogP contribution in [0.15, 0.2) is 18.2 Å². The Balaban J connectivity index is 2.33. The fraction of sp³-hybridized carbons (Fsp3) is 0.389. The Kier molecular flexibility index (Phi) is 4.86. The number of hydrogen-bond acceptors (Lipinski definition) is 3. The molecule has 7 nitrogen and oxygen atoms in total. The first-order valence-electron chi connectivity index (χ1n) is 8.45. The van der Waals surface area contributed by atoms with Gasteiger partial charge >= 0.3 is 6.03 Å². The van der Waals surface area contributed by atoms with Crippen LogP contribution in [0.2, 0.25) is 10.0 Å². The van der Waals surface area contributed by atoms with E-state index in [1.807, 2.05) is 20.8 Å². The molecular formula is C18H21Cl2N5O2. The Bertz CT molecular complexity index is 933. The molecule has 1 aromatic heterocycles. The molecule has 0 bridgehead atoms. The van der Waals surface area contributed by atoms with Gasteiger partial charge in [0.1, 0.15) is 5.69 Å². The number of primary amides is 2. The van der Waals surface area contributed by atoms with Gasteiger partial charge in [-0.05, 0) is 11.5 Å². The summed E-state index contributed by atoms with van der Waals surface area (Å²) < 4.78 is 1.71. The number of fused-ring (bicyclic) bond motifs is 1. The lowest BCUT2D eigenvalue weighted by Gasteiger charge is -2.42. The van der Waals surface area contributed by atoms with E-state index in [-0.39, 0.29) is 10.6 Å². The molecule has 4 N–H and O–H groups in total. The molecule has 1 aromatic carbocycles. The predicted octanol–water partition coefficient (Wildman–Crippen LogP) is 3.44. The van der Waals surface area contributed by atoms with Crippen LogP contribution in [0, 0.1) is 5.41 Å². The molecule has 1 unspecified atom stereocenters. The van der Waals surface area contributed by atoms with Crippen LogP contribution in [0.3, 0.4) is 0 Å². The molecule has 2 heterocycles. The second-order valence-corrected chi connectivity index (χ2v) is 8.38. The van der Waals surface area contributed by atoms with Gasteiger partial charge in [-0.1, -0.05) is 56.1 Å². The SMILES string of the molecule is CC(C)(C)C1c2c(C(N)=O)c(-c3cccc(Cl)c3Cl)nn2CCN1C(N)=O. The van der Waals surface area contributed by atoms with Crippen molar-refractivity contribution in [3.05, 3.63) is 39.5 Å². The van der Waals surface area contributed by atoms with Crippen LogP contribution in [-0.4, -0.2) is 33.2 Å². The zero-order valence-corrected chi connectivity index (χ0v) is 16.8. The summed E-state index contributed by atoms with van der Waals surface area (Å²) in [7, 11) is 0. The molecule has 0 fully saturated rings. The molecule has 0 saturated heterocycles. The van der Waals surface area contributed by atoms with Crippen LogP contribution < -0.4 is 11.5 Å². The molecule has 1 aliphatic heterocycles. The maximum absolute atomic E-state index is 12.4. The number of urea groups is 1. The normalized spacial score (nSPS) is 16.9. The first-order chi connectivity index (χ1) is 12.5. The monoisotopic (exact) mass is 409 g/mol. The number of amides is 3. The summed E-state index contributed by atoms with van der Waals surface area (Å²) in [5.74, 6) is -0.650. The minimum Gasteiger partial charge on any atom is -0.365 e. The molecule has 0 spiro atoms. The van der Waals surface area contributed by atoms with Crippen molar-refractivity contribution in [2.75, 3.05) is 6.54 Å². The van der Waals surface area contributed by atoms with Crippen molar-refractivity contribution in [1.82, 2.24) is 14.7 Å². The molecular weight excluding hydrogens is 389 g/mol. The summed E-state index contributed by atoms with van der Waals surface area (Å²) in [6, 6.07) is 4.09. The van der Waals surface area contributed by atoms with E-state index in [1.165, 1.54) is 0 Å². The number of carbonyl (C=O) groups is 2. The Labute approximate surface area is 167 Å². The highest BCUT2D eigenvalue weighted by atomic mass is 35.5. The Morgan fingerprint density at radius 1 is 1.19 bits per heavy atom. The van der Waals surface area contributed by atoms with E-state index >= 15 is 0 Å². The number of nitrogens with zero attached hydrogens (tertiary/aromatic N) is 3. The van der Waals surface area contributed by atoms with Gasteiger partial charge in [0.15, 0.2) is 0 Å². The molecule has 1 aliphatic rings. The number of halogens is 2. The van der Waals surface area contributed by atoms with E-state index in [1.54, 1.807) is 27.8 Å². The zero-order valence-electron chi connectivity index (χ0n) is 15.3. The van der Waals surface area contributed by atoms with Gasteiger partial charge in [-0.15, -0.1) is 0 Å². The number of nitrogens with two attached hydrogens (primary N) is 2. The summed E-state index contributed by atoms with van der Waals surface area (Å²) in [5, 5.41) is 5.23. The second-order valence-electron chi connectivity index (χ2n) is 7.60. The zero-order chi connectivity index (χ0) is 20.1. The van der Waals surface area contributed by atoms with Crippen LogP contribution in [0.5, 0.6) is 0 Å². The minimum atomic E-state index is -0.650. The van der Waals surface area contributed by atoms with Crippen molar-refractivity contribution < 1.29 is 9.59 Å². The van der Waals surface area contributed by atoms with Gasteiger partial charge in [0.25, 0.3) is 5.91 Å². The molecule has 3 amide bonds. The smallest absolute Gasteiger partial charge is 0.315 e. The number of aromatic nitrogens is 2. The molecule has 144 valence electrons. The van der Waals surface area contributed by atoms with E-state index in [2.05, 4.69) is 5.10 Å². The average Bonchev–Trinajstić information content (AvgIpc) is 2.94. The first-order valence-corrected chi connectivity index (χ1v) is 9.20. The van der Waals surface area contributed by atoms with Crippen molar-refractivity contribution in [3.63, 3.8) is 0 Å². The molecule has 0 aliphatic carbocycles. The van der Waals surface area contributed by atoms with Crippen molar-refractivity contribution in [1.29, 1.82) is 0 Å². The summed E-state index contributed by atoms with van der Waals surface area (Å²) in [6.45, 7) is 6.67. The first kappa shape index (κ1) is 19.5. The van der Waals surface area contributed by atoms with E-state index in [0.29, 0.717) is 35.1 Å². The van der Waals surface area contributed by atoms with Gasteiger partial charge < -0.3 is 16.4 Å². The topological polar surface area (TPSA) is 107 Å². The van der Waals surface area contributed by atoms with Gasteiger partial charge in [-0.25, -0.2) is 4.79 Å². The van der Waals surface area contributed by atoms with Crippen LogP contribution >= 0.6 is 23.2 Å². The fourth-order valence-corrected chi connectivity index (χ4v) is 4.03. The van der Waals surface area contributed by atoms with E-state index in [4.69, 9.17) is 34.7 Å². The molecule has 9 heteroatoms. The largest absolute Gasteiger partial charge is 0.365 e. The number of rotatable bonds is 2. The summed E-state index contributed by atoms with van der Waals surface area (Å²) >= 11 is 12.5. The predicted molar refractivity (Wildman–Crippen MR) is 105 cm³/mol. The van der Waals surface area contributed by atoms with Crippen LogP contribution in [0.4, 0.5) is 4.79 Å². The lowest BCUT2D eigenvalue weighted by Crippen LogP contribution is -2.49. The second kappa shape index (κ2) is 6.73. The fourth-order valence-electron chi connectivity index (χ4n) is 3.64. The molecule has 1 atom stereocenters. The minimum absolute atomic E-state index is 0.227. The number of benzene rings is 1. The summed E-state index contributed by atoms with van der Waals surface area (Å²) in [6.07, 6.45) is 0. The van der Waals surface area contributed by atoms with Crippen LogP contribution in [-0.2, 0) is 6.54 Å². The van der Waals surface area contributed by atoms with Gasteiger partial charge in [-0.2, -0.15) is 5.10 Å². The number of carbonyl (C=O) groups excluding carboxylic acids is 2. The van der Waals surface area contributed by atoms with E-state index in [9.17, 15) is 9.59 Å². The molecule has 2 aromatic rings. The quantitative estimate of drug-likeness (QED) is 0.792. The van der Waals surface area contributed by atoms with Gasteiger partial charge in [0.05, 0.1) is 33.9 Å². The molecule has 3 rings (SSSR count). The van der Waals surface area contributed by atoms with Crippen molar-refractivity contribution in [3.8, 4) is 11.3 Å². The number of hydrogen-bond donors (Lipinski definition) is 2. The van der Waals surface area contributed by atoms with Crippen molar-refractivity contribution >= 4 is 35.1 Å². The van der Waals surface area contributed by atoms with E-state index < -0.39 is 23.4 Å². The lowest BCUT2D eigenvalue weighted by molar-refractivity contribution is 0.0899. The third-order valence-electron chi connectivity index (χ3n) is 4.67. The third-order valence-corrected chi connectivity index (χ3v) is 5.49. The highest BCUT2D eigenvalue weighted by molar-refractivity contribution is 6.43. The summed E-state index contributed by atoms with van der Waals surface area (Å²) in [4.78, 5) is 26.0. The average molecular weight is 410 g/mol. The molecule has 27 heavy (non-hydrogen) atoms.